The number of carbonyl (C=O) groups is 2. The molecule has 4 rings (SSSR count). The summed E-state index contributed by atoms with van der Waals surface area (Å²) in [5.41, 5.74) is 2.50. The Bertz CT molecular complexity index is 1740. The van der Waals surface area contributed by atoms with Crippen molar-refractivity contribution in [2.75, 3.05) is 10.0 Å². The summed E-state index contributed by atoms with van der Waals surface area (Å²) in [4.78, 5) is 38.8. The lowest BCUT2D eigenvalue weighted by Crippen LogP contribution is -2.32. The average molecular weight is 563 g/mol. The summed E-state index contributed by atoms with van der Waals surface area (Å²) in [5, 5.41) is 2.57. The smallest absolute Gasteiger partial charge is 0.338 e. The van der Waals surface area contributed by atoms with Crippen LogP contribution in [0.3, 0.4) is 0 Å². The molecule has 3 aromatic carbocycles. The molecule has 1 heterocycles. The molecule has 10 nitrogen and oxygen atoms in total. The summed E-state index contributed by atoms with van der Waals surface area (Å²) in [6.07, 6.45) is -1.27. The maximum absolute atomic E-state index is 13.1. The van der Waals surface area contributed by atoms with Crippen molar-refractivity contribution in [3.63, 3.8) is 0 Å². The number of esters is 1. The molecule has 0 saturated heterocycles. The molecule has 0 fully saturated rings. The fourth-order valence-electron chi connectivity index (χ4n) is 4.07. The molecule has 0 spiro atoms. The number of carbonyl (C=O) groups excluding carboxylic acids is 2. The highest BCUT2D eigenvalue weighted by atomic mass is 32.2. The molecular formula is C29H30N4O6S. The molecule has 4 aromatic rings. The molecule has 1 atom stereocenters. The second-order valence-corrected chi connectivity index (χ2v) is 11.1. The number of aromatic nitrogens is 2. The highest BCUT2D eigenvalue weighted by Crippen LogP contribution is 2.22. The second-order valence-electron chi connectivity index (χ2n) is 9.43. The maximum atomic E-state index is 13.1. The zero-order chi connectivity index (χ0) is 29.2. The number of aryl methyl sites for hydroxylation is 2. The van der Waals surface area contributed by atoms with Crippen molar-refractivity contribution in [2.45, 2.75) is 38.7 Å². The Balaban J connectivity index is 1.50. The molecule has 208 valence electrons. The van der Waals surface area contributed by atoms with Gasteiger partial charge >= 0.3 is 5.97 Å². The third kappa shape index (κ3) is 5.84. The number of rotatable bonds is 8. The Hall–Kier alpha value is -4.64. The first kappa shape index (κ1) is 28.4. The van der Waals surface area contributed by atoms with Crippen molar-refractivity contribution in [2.24, 2.45) is 7.05 Å². The van der Waals surface area contributed by atoms with E-state index in [9.17, 15) is 22.8 Å². The molecule has 1 unspecified atom stereocenters. The lowest BCUT2D eigenvalue weighted by Gasteiger charge is -2.15. The van der Waals surface area contributed by atoms with E-state index in [4.69, 9.17) is 4.74 Å². The Labute approximate surface area is 232 Å². The molecule has 1 amide bonds. The van der Waals surface area contributed by atoms with E-state index in [1.54, 1.807) is 74.1 Å². The first-order chi connectivity index (χ1) is 18.9. The van der Waals surface area contributed by atoms with Gasteiger partial charge in [0.05, 0.1) is 21.8 Å². The normalized spacial score (nSPS) is 12.0. The summed E-state index contributed by atoms with van der Waals surface area (Å²) < 4.78 is 37.0. The Morgan fingerprint density at radius 3 is 2.23 bits per heavy atom. The second kappa shape index (κ2) is 11.2. The van der Waals surface area contributed by atoms with E-state index in [0.29, 0.717) is 22.6 Å². The Kier molecular flexibility index (Phi) is 7.96. The molecule has 1 aromatic heterocycles. The van der Waals surface area contributed by atoms with Crippen molar-refractivity contribution in [1.29, 1.82) is 0 Å². The number of para-hydroxylation sites is 1. The molecule has 0 aliphatic carbocycles. The van der Waals surface area contributed by atoms with Gasteiger partial charge in [0.15, 0.2) is 6.10 Å². The van der Waals surface area contributed by atoms with Crippen LogP contribution in [0.1, 0.15) is 34.1 Å². The van der Waals surface area contributed by atoms with Gasteiger partial charge in [0, 0.05) is 12.7 Å². The predicted octanol–water partition coefficient (Wildman–Crippen LogP) is 4.09. The van der Waals surface area contributed by atoms with Gasteiger partial charge in [-0.25, -0.2) is 17.9 Å². The van der Waals surface area contributed by atoms with Crippen LogP contribution in [0.4, 0.5) is 11.4 Å². The number of ether oxygens (including phenoxy) is 1. The molecular weight excluding hydrogens is 532 g/mol. The fourth-order valence-corrected chi connectivity index (χ4v) is 5.40. The van der Waals surface area contributed by atoms with E-state index in [1.165, 1.54) is 29.8 Å². The summed E-state index contributed by atoms with van der Waals surface area (Å²) in [5.74, 6) is -1.60. The van der Waals surface area contributed by atoms with E-state index < -0.39 is 33.6 Å². The Morgan fingerprint density at radius 1 is 0.925 bits per heavy atom. The van der Waals surface area contributed by atoms with Crippen molar-refractivity contribution in [1.82, 2.24) is 9.36 Å². The van der Waals surface area contributed by atoms with Crippen LogP contribution in [0.2, 0.25) is 0 Å². The van der Waals surface area contributed by atoms with Crippen LogP contribution in [0, 0.1) is 20.8 Å². The molecule has 0 aliphatic rings. The minimum absolute atomic E-state index is 0.0446. The van der Waals surface area contributed by atoms with Crippen molar-refractivity contribution in [3.05, 3.63) is 106 Å². The number of hydrogen-bond acceptors (Lipinski definition) is 6. The molecule has 0 radical (unpaired) electrons. The van der Waals surface area contributed by atoms with E-state index in [0.717, 1.165) is 5.56 Å². The van der Waals surface area contributed by atoms with Crippen molar-refractivity contribution in [3.8, 4) is 5.69 Å². The van der Waals surface area contributed by atoms with Gasteiger partial charge in [-0.3, -0.25) is 19.0 Å². The minimum atomic E-state index is -4.01. The molecule has 0 bridgehead atoms. The summed E-state index contributed by atoms with van der Waals surface area (Å²) in [7, 11) is -2.32. The summed E-state index contributed by atoms with van der Waals surface area (Å²) in [6.45, 7) is 6.55. The highest BCUT2D eigenvalue weighted by molar-refractivity contribution is 7.92. The van der Waals surface area contributed by atoms with Crippen molar-refractivity contribution >= 4 is 33.3 Å². The number of anilines is 2. The minimum Gasteiger partial charge on any atom is -0.449 e. The van der Waals surface area contributed by atoms with Crippen LogP contribution in [0.15, 0.2) is 82.5 Å². The zero-order valence-corrected chi connectivity index (χ0v) is 23.6. The van der Waals surface area contributed by atoms with Crippen LogP contribution in [0.25, 0.3) is 5.69 Å². The molecule has 0 saturated carbocycles. The lowest BCUT2D eigenvalue weighted by molar-refractivity contribution is -0.123. The fraction of sp³-hybridized carbons (Fsp3) is 0.207. The number of amides is 1. The quantitative estimate of drug-likeness (QED) is 0.312. The van der Waals surface area contributed by atoms with Gasteiger partial charge in [0.2, 0.25) is 0 Å². The lowest BCUT2D eigenvalue weighted by atomic mass is 10.1. The summed E-state index contributed by atoms with van der Waals surface area (Å²) in [6, 6.07) is 19.9. The van der Waals surface area contributed by atoms with E-state index in [1.807, 2.05) is 13.0 Å². The van der Waals surface area contributed by atoms with Gasteiger partial charge in [-0.1, -0.05) is 42.0 Å². The first-order valence-corrected chi connectivity index (χ1v) is 13.9. The number of benzene rings is 3. The van der Waals surface area contributed by atoms with Crippen LogP contribution in [-0.4, -0.2) is 35.8 Å². The standard InChI is InChI=1S/C29H30N4O6S/c1-18-11-15-23(16-12-18)31-40(37,38)25-17-22(14-13-19(25)2)29(36)39-21(4)27(34)30-26-20(3)32(5)33(28(26)35)24-9-7-6-8-10-24/h6-17,21,31H,1-5H3,(H,30,34). The molecule has 11 heteroatoms. The Morgan fingerprint density at radius 2 is 1.57 bits per heavy atom. The van der Waals surface area contributed by atoms with Crippen LogP contribution < -0.4 is 15.6 Å². The monoisotopic (exact) mass is 562 g/mol. The number of nitrogens with one attached hydrogen (secondary N) is 2. The van der Waals surface area contributed by atoms with Gasteiger partial charge in [-0.2, -0.15) is 0 Å². The molecule has 0 aliphatic heterocycles. The third-order valence-electron chi connectivity index (χ3n) is 6.47. The SMILES string of the molecule is Cc1ccc(NS(=O)(=O)c2cc(C(=O)OC(C)C(=O)Nc3c(C)n(C)n(-c4ccccc4)c3=O)ccc2C)cc1. The maximum Gasteiger partial charge on any atom is 0.338 e. The van der Waals surface area contributed by atoms with E-state index in [2.05, 4.69) is 10.0 Å². The van der Waals surface area contributed by atoms with Gasteiger partial charge in [-0.15, -0.1) is 0 Å². The van der Waals surface area contributed by atoms with E-state index >= 15 is 0 Å². The predicted molar refractivity (Wildman–Crippen MR) is 152 cm³/mol. The third-order valence-corrected chi connectivity index (χ3v) is 8.00. The zero-order valence-electron chi connectivity index (χ0n) is 22.8. The van der Waals surface area contributed by atoms with Crippen molar-refractivity contribution < 1.29 is 22.7 Å². The number of sulfonamides is 1. The van der Waals surface area contributed by atoms with Gasteiger partial charge in [0.1, 0.15) is 5.69 Å². The molecule has 40 heavy (non-hydrogen) atoms. The largest absolute Gasteiger partial charge is 0.449 e. The first-order valence-electron chi connectivity index (χ1n) is 12.4. The topological polar surface area (TPSA) is 128 Å². The van der Waals surface area contributed by atoms with Crippen LogP contribution >= 0.6 is 0 Å². The van der Waals surface area contributed by atoms with Gasteiger partial charge in [0.25, 0.3) is 21.5 Å². The highest BCUT2D eigenvalue weighted by Gasteiger charge is 2.25. The molecule has 2 N–H and O–H groups in total. The number of nitrogens with zero attached hydrogens (tertiary/aromatic N) is 2. The number of hydrogen-bond donors (Lipinski definition) is 2. The van der Waals surface area contributed by atoms with Crippen LogP contribution in [-0.2, 0) is 26.6 Å². The van der Waals surface area contributed by atoms with E-state index in [-0.39, 0.29) is 16.1 Å². The average Bonchev–Trinajstić information content (AvgIpc) is 3.13. The van der Waals surface area contributed by atoms with Gasteiger partial charge < -0.3 is 10.1 Å². The van der Waals surface area contributed by atoms with Crippen LogP contribution in [0.5, 0.6) is 0 Å². The van der Waals surface area contributed by atoms with Gasteiger partial charge in [-0.05, 0) is 69.7 Å². The summed E-state index contributed by atoms with van der Waals surface area (Å²) >= 11 is 0.